The summed E-state index contributed by atoms with van der Waals surface area (Å²) in [4.78, 5) is 6.06. The van der Waals surface area contributed by atoms with E-state index in [0.717, 1.165) is 23.7 Å². The number of hydrogen-bond acceptors (Lipinski definition) is 4. The molecule has 94 valence electrons. The van der Waals surface area contributed by atoms with Crippen LogP contribution in [0.1, 0.15) is 37.4 Å². The van der Waals surface area contributed by atoms with Crippen LogP contribution in [0.2, 0.25) is 0 Å². The predicted octanol–water partition coefficient (Wildman–Crippen LogP) is 2.19. The Balaban J connectivity index is 1.97. The summed E-state index contributed by atoms with van der Waals surface area (Å²) in [7, 11) is 0. The Hall–Kier alpha value is -1.78. The molecule has 0 radical (unpaired) electrons. The molecule has 1 unspecified atom stereocenters. The van der Waals surface area contributed by atoms with Gasteiger partial charge >= 0.3 is 0 Å². The van der Waals surface area contributed by atoms with Crippen molar-refractivity contribution in [3.63, 3.8) is 0 Å². The Morgan fingerprint density at radius 3 is 2.83 bits per heavy atom. The first kappa shape index (κ1) is 11.3. The van der Waals surface area contributed by atoms with Gasteiger partial charge in [0.15, 0.2) is 0 Å². The molecule has 0 aliphatic heterocycles. The van der Waals surface area contributed by atoms with Gasteiger partial charge in [-0.1, -0.05) is 6.92 Å². The number of hydrogen-bond donors (Lipinski definition) is 0. The average Bonchev–Trinajstić information content (AvgIpc) is 2.92. The first-order chi connectivity index (χ1) is 8.69. The third-order valence-electron chi connectivity index (χ3n) is 3.63. The van der Waals surface area contributed by atoms with Crippen LogP contribution < -0.4 is 0 Å². The van der Waals surface area contributed by atoms with E-state index in [1.165, 1.54) is 12.0 Å². The highest BCUT2D eigenvalue weighted by atomic mass is 15.6. The Morgan fingerprint density at radius 1 is 1.44 bits per heavy atom. The zero-order valence-electron chi connectivity index (χ0n) is 11.0. The number of tetrazole rings is 1. The number of aryl methyl sites for hydroxylation is 2. The van der Waals surface area contributed by atoms with Crippen molar-refractivity contribution in [1.29, 1.82) is 0 Å². The zero-order valence-corrected chi connectivity index (χ0v) is 11.0. The molecule has 1 saturated carbocycles. The smallest absolute Gasteiger partial charge is 0.206 e. The van der Waals surface area contributed by atoms with Crippen LogP contribution in [0.15, 0.2) is 12.3 Å². The van der Waals surface area contributed by atoms with Crippen LogP contribution in [0.3, 0.4) is 0 Å². The highest BCUT2D eigenvalue weighted by Crippen LogP contribution is 2.48. The lowest BCUT2D eigenvalue weighted by Gasteiger charge is -2.05. The van der Waals surface area contributed by atoms with E-state index in [1.54, 1.807) is 4.80 Å². The Morgan fingerprint density at radius 2 is 2.22 bits per heavy atom. The van der Waals surface area contributed by atoms with E-state index in [0.29, 0.717) is 11.7 Å². The molecule has 1 aliphatic carbocycles. The van der Waals surface area contributed by atoms with Crippen LogP contribution in [-0.2, 0) is 6.54 Å². The van der Waals surface area contributed by atoms with Crippen LogP contribution in [-0.4, -0.2) is 25.2 Å². The van der Waals surface area contributed by atoms with E-state index in [9.17, 15) is 0 Å². The van der Waals surface area contributed by atoms with Crippen LogP contribution >= 0.6 is 0 Å². The fourth-order valence-corrected chi connectivity index (χ4v) is 2.30. The molecule has 5 heteroatoms. The lowest BCUT2D eigenvalue weighted by atomic mass is 10.1. The molecule has 18 heavy (non-hydrogen) atoms. The van der Waals surface area contributed by atoms with Gasteiger partial charge in [-0.15, -0.1) is 10.2 Å². The van der Waals surface area contributed by atoms with Crippen molar-refractivity contribution in [3.8, 4) is 11.4 Å². The second-order valence-corrected chi connectivity index (χ2v) is 5.02. The largest absolute Gasteiger partial charge is 0.261 e. The van der Waals surface area contributed by atoms with E-state index >= 15 is 0 Å². The molecule has 0 spiro atoms. The summed E-state index contributed by atoms with van der Waals surface area (Å²) in [5.41, 5.74) is 3.43. The summed E-state index contributed by atoms with van der Waals surface area (Å²) in [5, 5.41) is 12.4. The Labute approximate surface area is 106 Å². The predicted molar refractivity (Wildman–Crippen MR) is 68.0 cm³/mol. The van der Waals surface area contributed by atoms with Crippen molar-refractivity contribution < 1.29 is 0 Å². The molecule has 2 aromatic rings. The van der Waals surface area contributed by atoms with Crippen LogP contribution in [0.4, 0.5) is 0 Å². The zero-order chi connectivity index (χ0) is 12.7. The third-order valence-corrected chi connectivity index (χ3v) is 3.63. The highest BCUT2D eigenvalue weighted by molar-refractivity contribution is 5.55. The molecule has 3 rings (SSSR count). The molecule has 1 fully saturated rings. The second kappa shape index (κ2) is 4.15. The van der Waals surface area contributed by atoms with Gasteiger partial charge in [-0.25, -0.2) is 0 Å². The molecule has 5 nitrogen and oxygen atoms in total. The van der Waals surface area contributed by atoms with Gasteiger partial charge in [-0.05, 0) is 48.9 Å². The third kappa shape index (κ3) is 1.89. The van der Waals surface area contributed by atoms with Crippen molar-refractivity contribution in [3.05, 3.63) is 23.5 Å². The van der Waals surface area contributed by atoms with Crippen molar-refractivity contribution in [2.75, 3.05) is 0 Å². The minimum Gasteiger partial charge on any atom is -0.261 e. The minimum absolute atomic E-state index is 0.665. The van der Waals surface area contributed by atoms with Gasteiger partial charge in [0.2, 0.25) is 5.82 Å². The van der Waals surface area contributed by atoms with Crippen LogP contribution in [0, 0.1) is 12.8 Å². The normalized spacial score (nSPS) is 22.2. The first-order valence-electron chi connectivity index (χ1n) is 6.43. The average molecular weight is 243 g/mol. The molecule has 0 bridgehead atoms. The van der Waals surface area contributed by atoms with Crippen molar-refractivity contribution >= 4 is 0 Å². The fraction of sp³-hybridized carbons (Fsp3) is 0.538. The van der Waals surface area contributed by atoms with Crippen molar-refractivity contribution in [2.45, 2.75) is 39.7 Å². The number of nitrogens with zero attached hydrogens (tertiary/aromatic N) is 5. The number of pyridine rings is 1. The molecule has 0 aromatic carbocycles. The van der Waals surface area contributed by atoms with Crippen molar-refractivity contribution in [2.24, 2.45) is 5.92 Å². The van der Waals surface area contributed by atoms with Gasteiger partial charge in [0.05, 0.1) is 6.54 Å². The summed E-state index contributed by atoms with van der Waals surface area (Å²) in [5.74, 6) is 2.11. The monoisotopic (exact) mass is 243 g/mol. The molecule has 2 heterocycles. The van der Waals surface area contributed by atoms with Gasteiger partial charge in [0, 0.05) is 17.5 Å². The maximum absolute atomic E-state index is 4.47. The van der Waals surface area contributed by atoms with E-state index in [-0.39, 0.29) is 0 Å². The lowest BCUT2D eigenvalue weighted by Crippen LogP contribution is -1.98. The summed E-state index contributed by atoms with van der Waals surface area (Å²) >= 11 is 0. The van der Waals surface area contributed by atoms with Gasteiger partial charge in [0.1, 0.15) is 0 Å². The number of rotatable bonds is 3. The van der Waals surface area contributed by atoms with Crippen LogP contribution in [0.5, 0.6) is 0 Å². The van der Waals surface area contributed by atoms with Gasteiger partial charge < -0.3 is 0 Å². The van der Waals surface area contributed by atoms with Crippen molar-refractivity contribution in [1.82, 2.24) is 25.2 Å². The number of aromatic nitrogens is 5. The Bertz CT molecular complexity index is 575. The quantitative estimate of drug-likeness (QED) is 0.829. The molecule has 0 saturated heterocycles. The lowest BCUT2D eigenvalue weighted by molar-refractivity contribution is 0.552. The van der Waals surface area contributed by atoms with E-state index < -0.39 is 0 Å². The molecule has 2 aromatic heterocycles. The minimum atomic E-state index is 0.665. The molecule has 2 atom stereocenters. The van der Waals surface area contributed by atoms with Gasteiger partial charge in [-0.3, -0.25) is 4.98 Å². The summed E-state index contributed by atoms with van der Waals surface area (Å²) in [6, 6.07) is 2.17. The van der Waals surface area contributed by atoms with Gasteiger partial charge in [-0.2, -0.15) is 4.80 Å². The van der Waals surface area contributed by atoms with Crippen LogP contribution in [0.25, 0.3) is 11.4 Å². The first-order valence-corrected chi connectivity index (χ1v) is 6.43. The summed E-state index contributed by atoms with van der Waals surface area (Å²) in [6.45, 7) is 7.08. The summed E-state index contributed by atoms with van der Waals surface area (Å²) < 4.78 is 0. The van der Waals surface area contributed by atoms with E-state index in [2.05, 4.69) is 40.3 Å². The molecular weight excluding hydrogens is 226 g/mol. The van der Waals surface area contributed by atoms with E-state index in [1.807, 2.05) is 13.1 Å². The topological polar surface area (TPSA) is 56.5 Å². The maximum Gasteiger partial charge on any atom is 0.206 e. The van der Waals surface area contributed by atoms with Gasteiger partial charge in [0.25, 0.3) is 0 Å². The second-order valence-electron chi connectivity index (χ2n) is 5.02. The maximum atomic E-state index is 4.47. The van der Waals surface area contributed by atoms with E-state index in [4.69, 9.17) is 0 Å². The molecular formula is C13H17N5. The molecule has 1 aliphatic rings. The molecule has 0 N–H and O–H groups in total. The SMILES string of the molecule is CCn1nnc(-c2cnc(C)c([C@H]3CC3C)c2)n1. The molecule has 0 amide bonds. The fourth-order valence-electron chi connectivity index (χ4n) is 2.30. The highest BCUT2D eigenvalue weighted by Gasteiger charge is 2.35. The summed E-state index contributed by atoms with van der Waals surface area (Å²) in [6.07, 6.45) is 3.10. The Kier molecular flexibility index (Phi) is 2.61. The standard InChI is InChI=1S/C13H17N5/c1-4-18-16-13(15-17-18)10-6-12(9(3)14-7-10)11-5-8(11)2/h6-8,11H,4-5H2,1-3H3/t8?,11-/m0/s1.